The minimum absolute atomic E-state index is 0.116. The molecule has 6 heteroatoms. The topological polar surface area (TPSA) is 60.1 Å². The summed E-state index contributed by atoms with van der Waals surface area (Å²) in [5, 5.41) is 23.3. The van der Waals surface area contributed by atoms with E-state index in [9.17, 15) is 10.4 Å². The van der Waals surface area contributed by atoms with Gasteiger partial charge in [0.1, 0.15) is 22.4 Å². The summed E-state index contributed by atoms with van der Waals surface area (Å²) in [5.74, 6) is 0.116. The average molecular weight is 388 g/mol. The van der Waals surface area contributed by atoms with E-state index in [0.29, 0.717) is 22.6 Å². The predicted molar refractivity (Wildman–Crippen MR) is 107 cm³/mol. The Bertz CT molecular complexity index is 822. The number of aromatic nitrogens is 1. The highest BCUT2D eigenvalue weighted by Crippen LogP contribution is 2.29. The van der Waals surface area contributed by atoms with Crippen LogP contribution in [-0.4, -0.2) is 34.1 Å². The van der Waals surface area contributed by atoms with E-state index in [0.717, 1.165) is 37.1 Å². The van der Waals surface area contributed by atoms with Gasteiger partial charge in [-0.15, -0.1) is 11.3 Å². The van der Waals surface area contributed by atoms with E-state index >= 15 is 0 Å². The molecule has 0 spiro atoms. The number of halogens is 1. The second kappa shape index (κ2) is 8.68. The largest absolute Gasteiger partial charge is 0.509 e. The maximum absolute atomic E-state index is 10.6. The van der Waals surface area contributed by atoms with E-state index < -0.39 is 0 Å². The van der Waals surface area contributed by atoms with Crippen molar-refractivity contribution >= 4 is 28.5 Å². The molecule has 3 rings (SSSR count). The first-order valence-electron chi connectivity index (χ1n) is 8.90. The van der Waals surface area contributed by atoms with Crippen LogP contribution in [0, 0.1) is 11.3 Å². The number of aliphatic hydroxyl groups is 1. The summed E-state index contributed by atoms with van der Waals surface area (Å²) in [5.41, 5.74) is 2.00. The van der Waals surface area contributed by atoms with Crippen molar-refractivity contribution in [2.75, 3.05) is 13.1 Å². The quantitative estimate of drug-likeness (QED) is 0.542. The highest BCUT2D eigenvalue weighted by molar-refractivity contribution is 7.11. The third kappa shape index (κ3) is 4.27. The number of hydrogen-bond acceptors (Lipinski definition) is 5. The monoisotopic (exact) mass is 387 g/mol. The van der Waals surface area contributed by atoms with Crippen molar-refractivity contribution in [3.63, 3.8) is 0 Å². The molecule has 136 valence electrons. The van der Waals surface area contributed by atoms with Gasteiger partial charge < -0.3 is 5.11 Å². The van der Waals surface area contributed by atoms with Gasteiger partial charge in [-0.05, 0) is 37.9 Å². The molecule has 1 saturated heterocycles. The summed E-state index contributed by atoms with van der Waals surface area (Å²) in [6.07, 6.45) is 4.60. The van der Waals surface area contributed by atoms with Crippen molar-refractivity contribution in [1.29, 1.82) is 5.26 Å². The number of likely N-dealkylation sites (tertiary alicyclic amines) is 1. The highest BCUT2D eigenvalue weighted by Gasteiger charge is 2.23. The summed E-state index contributed by atoms with van der Waals surface area (Å²) >= 11 is 7.30. The molecule has 4 nitrogen and oxygen atoms in total. The molecule has 0 amide bonds. The van der Waals surface area contributed by atoms with Gasteiger partial charge in [-0.1, -0.05) is 37.1 Å². The second-order valence-electron chi connectivity index (χ2n) is 6.51. The number of benzene rings is 1. The molecule has 1 N–H and O–H groups in total. The number of nitrogens with zero attached hydrogens (tertiary/aromatic N) is 3. The van der Waals surface area contributed by atoms with Gasteiger partial charge in [0, 0.05) is 22.0 Å². The zero-order valence-electron chi connectivity index (χ0n) is 14.8. The van der Waals surface area contributed by atoms with Crippen molar-refractivity contribution in [2.45, 2.75) is 38.6 Å². The fourth-order valence-electron chi connectivity index (χ4n) is 3.38. The van der Waals surface area contributed by atoms with Crippen LogP contribution < -0.4 is 0 Å². The molecule has 1 aliphatic heterocycles. The average Bonchev–Trinajstić information content (AvgIpc) is 3.13. The van der Waals surface area contributed by atoms with Gasteiger partial charge in [-0.2, -0.15) is 5.26 Å². The normalized spacial score (nSPS) is 19.0. The minimum Gasteiger partial charge on any atom is -0.509 e. The number of rotatable bonds is 5. The van der Waals surface area contributed by atoms with E-state index in [1.165, 1.54) is 17.8 Å². The third-order valence-corrected chi connectivity index (χ3v) is 5.94. The SMILES string of the molecule is CC[C@@H]1CCCCN1C/C(O)=C(\C#N)c1nc(-c2ccc(Cl)cc2)cs1. The van der Waals surface area contributed by atoms with E-state index in [2.05, 4.69) is 22.9 Å². The van der Waals surface area contributed by atoms with Gasteiger partial charge in [0.05, 0.1) is 12.2 Å². The van der Waals surface area contributed by atoms with Crippen LogP contribution in [0.4, 0.5) is 0 Å². The van der Waals surface area contributed by atoms with Crippen LogP contribution in [0.3, 0.4) is 0 Å². The Morgan fingerprint density at radius 1 is 1.38 bits per heavy atom. The van der Waals surface area contributed by atoms with Crippen LogP contribution in [0.1, 0.15) is 37.6 Å². The van der Waals surface area contributed by atoms with Gasteiger partial charge in [0.2, 0.25) is 0 Å². The number of piperidine rings is 1. The van der Waals surface area contributed by atoms with E-state index in [1.54, 1.807) is 0 Å². The Kier molecular flexibility index (Phi) is 6.31. The number of allylic oxidation sites excluding steroid dienone is 1. The molecule has 1 atom stereocenters. The van der Waals surface area contributed by atoms with Crippen molar-refractivity contribution in [3.8, 4) is 17.3 Å². The molecular weight excluding hydrogens is 366 g/mol. The lowest BCUT2D eigenvalue weighted by atomic mass is 10.00. The van der Waals surface area contributed by atoms with Crippen molar-refractivity contribution < 1.29 is 5.11 Å². The molecule has 2 aromatic rings. The zero-order chi connectivity index (χ0) is 18.5. The maximum Gasteiger partial charge on any atom is 0.138 e. The summed E-state index contributed by atoms with van der Waals surface area (Å²) in [6, 6.07) is 10.1. The lowest BCUT2D eigenvalue weighted by Gasteiger charge is -2.34. The van der Waals surface area contributed by atoms with Crippen LogP contribution in [0.5, 0.6) is 0 Å². The Morgan fingerprint density at radius 2 is 2.15 bits per heavy atom. The van der Waals surface area contributed by atoms with Crippen molar-refractivity contribution in [2.24, 2.45) is 0 Å². The van der Waals surface area contributed by atoms with Crippen LogP contribution in [0.25, 0.3) is 16.8 Å². The zero-order valence-corrected chi connectivity index (χ0v) is 16.4. The summed E-state index contributed by atoms with van der Waals surface area (Å²) in [4.78, 5) is 6.83. The smallest absolute Gasteiger partial charge is 0.138 e. The van der Waals surface area contributed by atoms with E-state index in [1.807, 2.05) is 29.6 Å². The molecule has 2 heterocycles. The second-order valence-corrected chi connectivity index (χ2v) is 7.80. The lowest BCUT2D eigenvalue weighted by molar-refractivity contribution is 0.140. The summed E-state index contributed by atoms with van der Waals surface area (Å²) in [7, 11) is 0. The van der Waals surface area contributed by atoms with Gasteiger partial charge in [0.15, 0.2) is 0 Å². The molecule has 1 fully saturated rings. The molecule has 0 bridgehead atoms. The van der Waals surface area contributed by atoms with Gasteiger partial charge in [-0.3, -0.25) is 4.90 Å². The molecule has 1 aliphatic rings. The summed E-state index contributed by atoms with van der Waals surface area (Å²) < 4.78 is 0. The first-order chi connectivity index (χ1) is 12.6. The van der Waals surface area contributed by atoms with Gasteiger partial charge in [-0.25, -0.2) is 4.98 Å². The van der Waals surface area contributed by atoms with Crippen LogP contribution >= 0.6 is 22.9 Å². The van der Waals surface area contributed by atoms with Crippen LogP contribution in [0.15, 0.2) is 35.4 Å². The molecule has 1 aromatic heterocycles. The first-order valence-corrected chi connectivity index (χ1v) is 10.2. The Hall–Kier alpha value is -1.87. The number of nitriles is 1. The highest BCUT2D eigenvalue weighted by atomic mass is 35.5. The molecule has 0 radical (unpaired) electrons. The third-order valence-electron chi connectivity index (χ3n) is 4.83. The predicted octanol–water partition coefficient (Wildman–Crippen LogP) is 5.52. The van der Waals surface area contributed by atoms with E-state index in [-0.39, 0.29) is 11.3 Å². The number of aliphatic hydroxyl groups excluding tert-OH is 1. The fourth-order valence-corrected chi connectivity index (χ4v) is 4.35. The molecule has 0 unspecified atom stereocenters. The van der Waals surface area contributed by atoms with Crippen molar-refractivity contribution in [1.82, 2.24) is 9.88 Å². The number of hydrogen-bond donors (Lipinski definition) is 1. The Labute approximate surface area is 163 Å². The van der Waals surface area contributed by atoms with Crippen LogP contribution in [0.2, 0.25) is 5.02 Å². The van der Waals surface area contributed by atoms with E-state index in [4.69, 9.17) is 11.6 Å². The van der Waals surface area contributed by atoms with Gasteiger partial charge >= 0.3 is 0 Å². The van der Waals surface area contributed by atoms with Crippen LogP contribution in [-0.2, 0) is 0 Å². The summed E-state index contributed by atoms with van der Waals surface area (Å²) in [6.45, 7) is 3.56. The van der Waals surface area contributed by atoms with Gasteiger partial charge in [0.25, 0.3) is 0 Å². The fraction of sp³-hybridized carbons (Fsp3) is 0.400. The Balaban J connectivity index is 1.82. The Morgan fingerprint density at radius 3 is 2.85 bits per heavy atom. The molecule has 0 saturated carbocycles. The molecular formula is C20H22ClN3OS. The molecule has 1 aromatic carbocycles. The molecule has 26 heavy (non-hydrogen) atoms. The van der Waals surface area contributed by atoms with Crippen molar-refractivity contribution in [3.05, 3.63) is 45.4 Å². The lowest BCUT2D eigenvalue weighted by Crippen LogP contribution is -2.40. The standard InChI is InChI=1S/C20H22ClN3OS/c1-2-16-5-3-4-10-24(16)12-19(25)17(11-22)20-23-18(13-26-20)14-6-8-15(21)9-7-14/h6-9,13,16,25H,2-5,10,12H2,1H3/b19-17-/t16-/m1/s1. The first kappa shape index (κ1) is 18.9. The number of thiazole rings is 1. The minimum atomic E-state index is 0.116. The maximum atomic E-state index is 10.6. The molecule has 0 aliphatic carbocycles.